The fraction of sp³-hybridized carbons (Fsp3) is 0.448. The van der Waals surface area contributed by atoms with Gasteiger partial charge in [0.15, 0.2) is 6.10 Å². The molecule has 1 fully saturated rings. The second-order valence-electron chi connectivity index (χ2n) is 8.71. The standard InChI is InChI=1S/C25H24BrClFN3O2.2C2H6/c1-16(2)31-14-23(33-22-11-19(26)20(27)12-21(22)31)24(32)30-9-7-25(15-29,8-10-30)13-17-3-5-18(28)6-4-17;2*1-2/h3-6,11-12,23H,1,7-10,13-14H2,2H3;2*1-2H3. The van der Waals surface area contributed by atoms with E-state index in [9.17, 15) is 14.4 Å². The van der Waals surface area contributed by atoms with E-state index >= 15 is 0 Å². The number of amides is 1. The van der Waals surface area contributed by atoms with Gasteiger partial charge in [0.2, 0.25) is 0 Å². The molecule has 5 nitrogen and oxygen atoms in total. The Labute approximate surface area is 234 Å². The van der Waals surface area contributed by atoms with Crippen LogP contribution in [0.4, 0.5) is 10.1 Å². The van der Waals surface area contributed by atoms with Crippen LogP contribution in [0.2, 0.25) is 5.02 Å². The van der Waals surface area contributed by atoms with E-state index in [1.54, 1.807) is 29.2 Å². The highest BCUT2D eigenvalue weighted by Gasteiger charge is 2.40. The highest BCUT2D eigenvalue weighted by Crippen LogP contribution is 2.42. The molecule has 1 saturated heterocycles. The van der Waals surface area contributed by atoms with Gasteiger partial charge in [0.1, 0.15) is 11.6 Å². The van der Waals surface area contributed by atoms with Crippen molar-refractivity contribution in [1.82, 2.24) is 4.90 Å². The predicted molar refractivity (Wildman–Crippen MR) is 152 cm³/mol. The number of carbonyl (C=O) groups is 1. The fourth-order valence-electron chi connectivity index (χ4n) is 4.45. The molecule has 0 aromatic heterocycles. The zero-order chi connectivity index (χ0) is 27.8. The topological polar surface area (TPSA) is 56.6 Å². The molecule has 0 spiro atoms. The average molecular weight is 593 g/mol. The van der Waals surface area contributed by atoms with E-state index < -0.39 is 11.5 Å². The minimum absolute atomic E-state index is 0.105. The number of carbonyl (C=O) groups excluding carboxylic acids is 1. The fourth-order valence-corrected chi connectivity index (χ4v) is 4.93. The summed E-state index contributed by atoms with van der Waals surface area (Å²) in [6, 6.07) is 12.3. The highest BCUT2D eigenvalue weighted by atomic mass is 79.9. The van der Waals surface area contributed by atoms with Crippen LogP contribution in [0.5, 0.6) is 5.75 Å². The zero-order valence-electron chi connectivity index (χ0n) is 22.3. The molecule has 1 amide bonds. The predicted octanol–water partition coefficient (Wildman–Crippen LogP) is 7.77. The Morgan fingerprint density at radius 3 is 2.35 bits per heavy atom. The minimum atomic E-state index is -0.686. The molecule has 0 bridgehead atoms. The minimum Gasteiger partial charge on any atom is -0.476 e. The molecule has 0 N–H and O–H groups in total. The number of ether oxygens (including phenoxy) is 1. The maximum absolute atomic E-state index is 13.4. The molecular formula is C29H36BrClFN3O2. The Morgan fingerprint density at radius 1 is 1.22 bits per heavy atom. The molecule has 2 aromatic rings. The summed E-state index contributed by atoms with van der Waals surface area (Å²) in [6.07, 6.45) is 0.967. The molecule has 0 saturated carbocycles. The quantitative estimate of drug-likeness (QED) is 0.364. The Hall–Kier alpha value is -2.56. The number of halogens is 3. The van der Waals surface area contributed by atoms with Crippen molar-refractivity contribution in [3.8, 4) is 11.8 Å². The Balaban J connectivity index is 0.00000115. The molecule has 0 aliphatic carbocycles. The first-order chi connectivity index (χ1) is 17.7. The second-order valence-corrected chi connectivity index (χ2v) is 9.97. The number of piperidine rings is 1. The van der Waals surface area contributed by atoms with Crippen molar-refractivity contribution in [3.05, 3.63) is 69.6 Å². The number of nitrogens with zero attached hydrogens (tertiary/aromatic N) is 3. The van der Waals surface area contributed by atoms with Crippen LogP contribution >= 0.6 is 27.5 Å². The Kier molecular flexibility index (Phi) is 11.5. The van der Waals surface area contributed by atoms with E-state index in [4.69, 9.17) is 16.3 Å². The smallest absolute Gasteiger partial charge is 0.265 e. The monoisotopic (exact) mass is 591 g/mol. The number of rotatable bonds is 4. The van der Waals surface area contributed by atoms with Gasteiger partial charge >= 0.3 is 0 Å². The number of likely N-dealkylation sites (tertiary alicyclic amines) is 1. The van der Waals surface area contributed by atoms with Crippen molar-refractivity contribution in [2.75, 3.05) is 24.5 Å². The van der Waals surface area contributed by atoms with Crippen LogP contribution in [0.3, 0.4) is 0 Å². The van der Waals surface area contributed by atoms with Gasteiger partial charge in [-0.3, -0.25) is 4.79 Å². The molecule has 8 heteroatoms. The van der Waals surface area contributed by atoms with Gasteiger partial charge in [-0.15, -0.1) is 0 Å². The average Bonchev–Trinajstić information content (AvgIpc) is 2.92. The largest absolute Gasteiger partial charge is 0.476 e. The van der Waals surface area contributed by atoms with Crippen LogP contribution < -0.4 is 9.64 Å². The van der Waals surface area contributed by atoms with Crippen LogP contribution in [-0.2, 0) is 11.2 Å². The summed E-state index contributed by atoms with van der Waals surface area (Å²) in [5.74, 6) is 0.169. The summed E-state index contributed by atoms with van der Waals surface area (Å²) in [4.78, 5) is 17.1. The van der Waals surface area contributed by atoms with Gasteiger partial charge < -0.3 is 14.5 Å². The summed E-state index contributed by atoms with van der Waals surface area (Å²) in [5, 5.41) is 10.5. The molecule has 2 aliphatic heterocycles. The van der Waals surface area contributed by atoms with Crippen molar-refractivity contribution < 1.29 is 13.9 Å². The summed E-state index contributed by atoms with van der Waals surface area (Å²) < 4.78 is 20.0. The Morgan fingerprint density at radius 2 is 1.81 bits per heavy atom. The number of hydrogen-bond donors (Lipinski definition) is 0. The maximum Gasteiger partial charge on any atom is 0.265 e. The molecule has 0 radical (unpaired) electrons. The van der Waals surface area contributed by atoms with Crippen LogP contribution in [0.15, 0.2) is 53.1 Å². The lowest BCUT2D eigenvalue weighted by molar-refractivity contribution is -0.140. The van der Waals surface area contributed by atoms with Gasteiger partial charge in [-0.1, -0.05) is 58.0 Å². The number of fused-ring (bicyclic) bond motifs is 1. The van der Waals surface area contributed by atoms with Gasteiger partial charge in [0.05, 0.1) is 28.7 Å². The summed E-state index contributed by atoms with van der Waals surface area (Å²) >= 11 is 9.68. The summed E-state index contributed by atoms with van der Waals surface area (Å²) in [6.45, 7) is 15.2. The number of nitriles is 1. The van der Waals surface area contributed by atoms with E-state index in [1.165, 1.54) is 12.1 Å². The first-order valence-electron chi connectivity index (χ1n) is 12.7. The first-order valence-corrected chi connectivity index (χ1v) is 13.9. The van der Waals surface area contributed by atoms with Crippen LogP contribution in [0.25, 0.3) is 0 Å². The third kappa shape index (κ3) is 7.27. The molecule has 1 atom stereocenters. The number of benzene rings is 2. The van der Waals surface area contributed by atoms with Gasteiger partial charge in [-0.25, -0.2) is 4.39 Å². The number of hydrogen-bond acceptors (Lipinski definition) is 4. The van der Waals surface area contributed by atoms with Gasteiger partial charge in [0, 0.05) is 23.3 Å². The van der Waals surface area contributed by atoms with Crippen molar-refractivity contribution in [2.45, 2.75) is 60.0 Å². The lowest BCUT2D eigenvalue weighted by atomic mass is 9.75. The van der Waals surface area contributed by atoms with Gasteiger partial charge in [-0.2, -0.15) is 5.26 Å². The van der Waals surface area contributed by atoms with Crippen molar-refractivity contribution in [1.29, 1.82) is 5.26 Å². The van der Waals surface area contributed by atoms with Crippen LogP contribution in [0.1, 0.15) is 53.0 Å². The molecule has 2 aromatic carbocycles. The molecule has 200 valence electrons. The molecule has 4 rings (SSSR count). The third-order valence-corrected chi connectivity index (χ3v) is 7.57. The highest BCUT2D eigenvalue weighted by molar-refractivity contribution is 9.10. The summed E-state index contributed by atoms with van der Waals surface area (Å²) in [7, 11) is 0. The van der Waals surface area contributed by atoms with E-state index in [2.05, 4.69) is 28.6 Å². The van der Waals surface area contributed by atoms with E-state index in [1.807, 2.05) is 39.5 Å². The maximum atomic E-state index is 13.4. The molecule has 1 unspecified atom stereocenters. The number of anilines is 1. The lowest BCUT2D eigenvalue weighted by Crippen LogP contribution is -2.53. The SMILES string of the molecule is C=C(C)N1CC(C(=O)N2CCC(C#N)(Cc3ccc(F)cc3)CC2)Oc2cc(Br)c(Cl)cc21.CC.CC. The van der Waals surface area contributed by atoms with Crippen molar-refractivity contribution in [3.63, 3.8) is 0 Å². The molecule has 2 aliphatic rings. The van der Waals surface area contributed by atoms with Crippen LogP contribution in [-0.4, -0.2) is 36.5 Å². The van der Waals surface area contributed by atoms with Crippen molar-refractivity contribution >= 4 is 39.1 Å². The van der Waals surface area contributed by atoms with Crippen LogP contribution in [0, 0.1) is 22.6 Å². The summed E-state index contributed by atoms with van der Waals surface area (Å²) in [5.41, 5.74) is 1.92. The van der Waals surface area contributed by atoms with E-state index in [0.717, 1.165) is 16.9 Å². The molecule has 37 heavy (non-hydrogen) atoms. The van der Waals surface area contributed by atoms with E-state index in [0.29, 0.717) is 54.1 Å². The van der Waals surface area contributed by atoms with E-state index in [-0.39, 0.29) is 11.7 Å². The Bertz CT molecular complexity index is 1130. The number of allylic oxidation sites excluding steroid dienone is 1. The first kappa shape index (κ1) is 30.7. The van der Waals surface area contributed by atoms with Gasteiger partial charge in [-0.05, 0) is 71.9 Å². The molecule has 2 heterocycles. The third-order valence-electron chi connectivity index (χ3n) is 6.37. The molecular weight excluding hydrogens is 557 g/mol. The second kappa shape index (κ2) is 13.8. The normalized spacial score (nSPS) is 17.5. The van der Waals surface area contributed by atoms with Crippen molar-refractivity contribution in [2.24, 2.45) is 5.41 Å². The zero-order valence-corrected chi connectivity index (χ0v) is 24.6. The van der Waals surface area contributed by atoms with Gasteiger partial charge in [0.25, 0.3) is 5.91 Å². The lowest BCUT2D eigenvalue weighted by Gasteiger charge is -2.41.